The molecular formula is C16H23N3O2. The molecule has 2 fully saturated rings. The third-order valence-electron chi connectivity index (χ3n) is 4.71. The zero-order valence-electron chi connectivity index (χ0n) is 12.6. The predicted octanol–water partition coefficient (Wildman–Crippen LogP) is 2.32. The van der Waals surface area contributed by atoms with Crippen molar-refractivity contribution < 1.29 is 4.79 Å². The smallest absolute Gasteiger partial charge is 0.251 e. The van der Waals surface area contributed by atoms with Gasteiger partial charge in [0.1, 0.15) is 5.82 Å². The molecule has 1 amide bonds. The van der Waals surface area contributed by atoms with Crippen molar-refractivity contribution in [2.75, 3.05) is 6.54 Å². The first-order valence-corrected chi connectivity index (χ1v) is 8.01. The maximum absolute atomic E-state index is 12.6. The molecule has 1 saturated heterocycles. The van der Waals surface area contributed by atoms with Gasteiger partial charge in [0.25, 0.3) is 5.56 Å². The molecule has 1 aliphatic heterocycles. The number of hydrogen-bond acceptors (Lipinski definition) is 3. The number of hydrogen-bond donors (Lipinski definition) is 1. The summed E-state index contributed by atoms with van der Waals surface area (Å²) in [5.41, 5.74) is 0.580. The second-order valence-corrected chi connectivity index (χ2v) is 6.37. The van der Waals surface area contributed by atoms with E-state index in [0.29, 0.717) is 23.9 Å². The summed E-state index contributed by atoms with van der Waals surface area (Å²) in [7, 11) is 0. The molecule has 0 radical (unpaired) electrons. The van der Waals surface area contributed by atoms with E-state index in [9.17, 15) is 9.59 Å². The Morgan fingerprint density at radius 3 is 2.81 bits per heavy atom. The van der Waals surface area contributed by atoms with Gasteiger partial charge in [-0.05, 0) is 38.5 Å². The summed E-state index contributed by atoms with van der Waals surface area (Å²) in [6, 6.07) is 1.44. The number of aromatic nitrogens is 2. The average molecular weight is 289 g/mol. The van der Waals surface area contributed by atoms with E-state index in [0.717, 1.165) is 19.4 Å². The molecule has 3 rings (SSSR count). The van der Waals surface area contributed by atoms with Crippen LogP contribution in [0.25, 0.3) is 0 Å². The SMILES string of the molecule is Cc1cc(=O)[nH]c([C@@H]2CCCN2C(=O)CC2CCCC2)n1. The molecule has 2 aliphatic rings. The Bertz CT molecular complexity index is 575. The number of amides is 1. The van der Waals surface area contributed by atoms with Gasteiger partial charge in [0.05, 0.1) is 6.04 Å². The van der Waals surface area contributed by atoms with Crippen LogP contribution in [0.1, 0.15) is 62.5 Å². The molecule has 5 nitrogen and oxygen atoms in total. The lowest BCUT2D eigenvalue weighted by Gasteiger charge is -2.25. The molecule has 0 spiro atoms. The summed E-state index contributed by atoms with van der Waals surface area (Å²) in [5.74, 6) is 1.44. The van der Waals surface area contributed by atoms with Crippen molar-refractivity contribution in [2.45, 2.75) is 57.9 Å². The second-order valence-electron chi connectivity index (χ2n) is 6.37. The summed E-state index contributed by atoms with van der Waals surface area (Å²) in [4.78, 5) is 33.4. The second kappa shape index (κ2) is 6.00. The largest absolute Gasteiger partial charge is 0.333 e. The maximum Gasteiger partial charge on any atom is 0.251 e. The van der Waals surface area contributed by atoms with Crippen LogP contribution in [0.15, 0.2) is 10.9 Å². The van der Waals surface area contributed by atoms with Crippen molar-refractivity contribution in [1.29, 1.82) is 0 Å². The van der Waals surface area contributed by atoms with Crippen LogP contribution in [0.4, 0.5) is 0 Å². The fraction of sp³-hybridized carbons (Fsp3) is 0.688. The number of likely N-dealkylation sites (tertiary alicyclic amines) is 1. The molecule has 0 bridgehead atoms. The van der Waals surface area contributed by atoms with Gasteiger partial charge < -0.3 is 9.88 Å². The highest BCUT2D eigenvalue weighted by molar-refractivity contribution is 5.77. The molecule has 1 aliphatic carbocycles. The zero-order valence-corrected chi connectivity index (χ0v) is 12.6. The number of aryl methyl sites for hydroxylation is 1. The zero-order chi connectivity index (χ0) is 14.8. The predicted molar refractivity (Wildman–Crippen MR) is 79.9 cm³/mol. The van der Waals surface area contributed by atoms with Crippen molar-refractivity contribution in [3.63, 3.8) is 0 Å². The highest BCUT2D eigenvalue weighted by Gasteiger charge is 2.33. The molecular weight excluding hydrogens is 266 g/mol. The van der Waals surface area contributed by atoms with Crippen LogP contribution in [0.5, 0.6) is 0 Å². The number of H-pyrrole nitrogens is 1. The number of rotatable bonds is 3. The first kappa shape index (κ1) is 14.3. The van der Waals surface area contributed by atoms with E-state index in [2.05, 4.69) is 9.97 Å². The molecule has 1 aromatic rings. The van der Waals surface area contributed by atoms with Crippen LogP contribution in [-0.2, 0) is 4.79 Å². The molecule has 1 N–H and O–H groups in total. The molecule has 1 saturated carbocycles. The van der Waals surface area contributed by atoms with E-state index in [1.165, 1.54) is 31.7 Å². The van der Waals surface area contributed by atoms with E-state index >= 15 is 0 Å². The third-order valence-corrected chi connectivity index (χ3v) is 4.71. The number of nitrogens with one attached hydrogen (secondary N) is 1. The monoisotopic (exact) mass is 289 g/mol. The van der Waals surface area contributed by atoms with Crippen LogP contribution in [0.3, 0.4) is 0 Å². The van der Waals surface area contributed by atoms with Gasteiger partial charge in [-0.2, -0.15) is 0 Å². The topological polar surface area (TPSA) is 66.1 Å². The number of aromatic amines is 1. The normalized spacial score (nSPS) is 22.9. The Hall–Kier alpha value is -1.65. The molecule has 1 aromatic heterocycles. The fourth-order valence-corrected chi connectivity index (χ4v) is 3.69. The van der Waals surface area contributed by atoms with Gasteiger partial charge in [-0.25, -0.2) is 4.98 Å². The van der Waals surface area contributed by atoms with E-state index in [1.807, 2.05) is 11.8 Å². The minimum Gasteiger partial charge on any atom is -0.333 e. The molecule has 5 heteroatoms. The van der Waals surface area contributed by atoms with Crippen LogP contribution in [-0.4, -0.2) is 27.3 Å². The average Bonchev–Trinajstić information content (AvgIpc) is 3.07. The Morgan fingerprint density at radius 1 is 1.33 bits per heavy atom. The minimum absolute atomic E-state index is 0.0495. The lowest BCUT2D eigenvalue weighted by atomic mass is 10.0. The summed E-state index contributed by atoms with van der Waals surface area (Å²) < 4.78 is 0. The highest BCUT2D eigenvalue weighted by Crippen LogP contribution is 2.33. The number of nitrogens with zero attached hydrogens (tertiary/aromatic N) is 2. The van der Waals surface area contributed by atoms with Gasteiger partial charge >= 0.3 is 0 Å². The Labute approximate surface area is 124 Å². The summed E-state index contributed by atoms with van der Waals surface area (Å²) in [6.45, 7) is 2.60. The van der Waals surface area contributed by atoms with Crippen molar-refractivity contribution in [1.82, 2.24) is 14.9 Å². The van der Waals surface area contributed by atoms with Crippen LogP contribution in [0, 0.1) is 12.8 Å². The van der Waals surface area contributed by atoms with Gasteiger partial charge in [-0.3, -0.25) is 9.59 Å². The van der Waals surface area contributed by atoms with Crippen molar-refractivity contribution in [3.8, 4) is 0 Å². The van der Waals surface area contributed by atoms with Gasteiger partial charge in [-0.1, -0.05) is 12.8 Å². The van der Waals surface area contributed by atoms with Gasteiger partial charge in [0, 0.05) is 24.7 Å². The lowest BCUT2D eigenvalue weighted by molar-refractivity contribution is -0.133. The van der Waals surface area contributed by atoms with Gasteiger partial charge in [0.15, 0.2) is 0 Å². The van der Waals surface area contributed by atoms with Crippen LogP contribution < -0.4 is 5.56 Å². The molecule has 21 heavy (non-hydrogen) atoms. The van der Waals surface area contributed by atoms with Crippen LogP contribution in [0.2, 0.25) is 0 Å². The van der Waals surface area contributed by atoms with Crippen molar-refractivity contribution in [3.05, 3.63) is 27.9 Å². The fourth-order valence-electron chi connectivity index (χ4n) is 3.69. The third kappa shape index (κ3) is 3.17. The van der Waals surface area contributed by atoms with Crippen molar-refractivity contribution in [2.24, 2.45) is 5.92 Å². The van der Waals surface area contributed by atoms with Gasteiger partial charge in [-0.15, -0.1) is 0 Å². The minimum atomic E-state index is -0.132. The molecule has 0 unspecified atom stereocenters. The summed E-state index contributed by atoms with van der Waals surface area (Å²) >= 11 is 0. The Kier molecular flexibility index (Phi) is 4.08. The number of carbonyl (C=O) groups is 1. The highest BCUT2D eigenvalue weighted by atomic mass is 16.2. The molecule has 114 valence electrons. The van der Waals surface area contributed by atoms with E-state index in [4.69, 9.17) is 0 Å². The summed E-state index contributed by atoms with van der Waals surface area (Å²) in [6.07, 6.45) is 7.42. The van der Waals surface area contributed by atoms with E-state index < -0.39 is 0 Å². The quantitative estimate of drug-likeness (QED) is 0.928. The van der Waals surface area contributed by atoms with E-state index in [-0.39, 0.29) is 17.5 Å². The first-order chi connectivity index (χ1) is 10.1. The van der Waals surface area contributed by atoms with Crippen LogP contribution >= 0.6 is 0 Å². The molecule has 1 atom stereocenters. The van der Waals surface area contributed by atoms with Gasteiger partial charge in [0.2, 0.25) is 5.91 Å². The lowest BCUT2D eigenvalue weighted by Crippen LogP contribution is -2.33. The maximum atomic E-state index is 12.6. The first-order valence-electron chi connectivity index (χ1n) is 8.01. The molecule has 0 aromatic carbocycles. The Morgan fingerprint density at radius 2 is 2.10 bits per heavy atom. The van der Waals surface area contributed by atoms with E-state index in [1.54, 1.807) is 0 Å². The number of carbonyl (C=O) groups excluding carboxylic acids is 1. The standard InChI is InChI=1S/C16H23N3O2/c1-11-9-14(20)18-16(17-11)13-7-4-8-19(13)15(21)10-12-5-2-3-6-12/h9,12-13H,2-8,10H2,1H3,(H,17,18,20)/t13-/m0/s1. The Balaban J connectivity index is 1.75. The van der Waals surface area contributed by atoms with Crippen molar-refractivity contribution >= 4 is 5.91 Å². The molecule has 2 heterocycles. The summed E-state index contributed by atoms with van der Waals surface area (Å²) in [5, 5.41) is 0.